The molecule has 2 aromatic rings. The van der Waals surface area contributed by atoms with E-state index in [4.69, 9.17) is 23.2 Å². The van der Waals surface area contributed by atoms with E-state index < -0.39 is 0 Å². The molecule has 0 aliphatic carbocycles. The SMILES string of the molecule is CN1CCN(C2=C(c3cccs3)C(=O)N(c3cc(Cl)cc(Cl)c3)C2=O)CC1. The number of benzene rings is 1. The minimum absolute atomic E-state index is 0.328. The summed E-state index contributed by atoms with van der Waals surface area (Å²) >= 11 is 13.7. The third-order valence-corrected chi connectivity index (χ3v) is 6.08. The third kappa shape index (κ3) is 3.38. The number of likely N-dealkylation sites (N-methyl/N-ethyl adjacent to an activating group) is 1. The second-order valence-electron chi connectivity index (χ2n) is 6.56. The van der Waals surface area contributed by atoms with E-state index in [1.165, 1.54) is 16.2 Å². The summed E-state index contributed by atoms with van der Waals surface area (Å²) in [5.41, 5.74) is 1.31. The molecule has 27 heavy (non-hydrogen) atoms. The Morgan fingerprint density at radius 2 is 1.63 bits per heavy atom. The Morgan fingerprint density at radius 3 is 2.22 bits per heavy atom. The molecule has 5 nitrogen and oxygen atoms in total. The minimum Gasteiger partial charge on any atom is -0.364 e. The van der Waals surface area contributed by atoms with Crippen LogP contribution in [0.4, 0.5) is 5.69 Å². The van der Waals surface area contributed by atoms with Gasteiger partial charge in [0, 0.05) is 41.1 Å². The molecule has 0 atom stereocenters. The number of carbonyl (C=O) groups excluding carboxylic acids is 2. The Balaban J connectivity index is 1.80. The maximum absolute atomic E-state index is 13.3. The highest BCUT2D eigenvalue weighted by Crippen LogP contribution is 2.38. The highest BCUT2D eigenvalue weighted by Gasteiger charge is 2.43. The fourth-order valence-corrected chi connectivity index (χ4v) is 4.66. The highest BCUT2D eigenvalue weighted by atomic mass is 35.5. The van der Waals surface area contributed by atoms with Crippen LogP contribution in [0.1, 0.15) is 4.88 Å². The molecular weight excluding hydrogens is 405 g/mol. The summed E-state index contributed by atoms with van der Waals surface area (Å²) in [6, 6.07) is 8.50. The molecule has 3 heterocycles. The summed E-state index contributed by atoms with van der Waals surface area (Å²) < 4.78 is 0. The van der Waals surface area contributed by atoms with Crippen molar-refractivity contribution in [1.29, 1.82) is 0 Å². The molecule has 0 bridgehead atoms. The highest BCUT2D eigenvalue weighted by molar-refractivity contribution is 7.11. The molecule has 0 N–H and O–H groups in total. The second-order valence-corrected chi connectivity index (χ2v) is 8.39. The minimum atomic E-state index is -0.338. The second kappa shape index (κ2) is 7.28. The van der Waals surface area contributed by atoms with Crippen LogP contribution in [-0.4, -0.2) is 54.8 Å². The van der Waals surface area contributed by atoms with Gasteiger partial charge in [-0.3, -0.25) is 9.59 Å². The van der Waals surface area contributed by atoms with E-state index in [0.717, 1.165) is 18.0 Å². The van der Waals surface area contributed by atoms with E-state index in [9.17, 15) is 9.59 Å². The van der Waals surface area contributed by atoms with E-state index >= 15 is 0 Å². The fraction of sp³-hybridized carbons (Fsp3) is 0.263. The molecule has 1 saturated heterocycles. The molecule has 2 aliphatic heterocycles. The Bertz CT molecular complexity index is 914. The molecule has 1 aromatic heterocycles. The van der Waals surface area contributed by atoms with Crippen molar-refractivity contribution in [1.82, 2.24) is 9.80 Å². The zero-order valence-electron chi connectivity index (χ0n) is 14.6. The fourth-order valence-electron chi connectivity index (χ4n) is 3.39. The number of hydrogen-bond donors (Lipinski definition) is 0. The lowest BCUT2D eigenvalue weighted by molar-refractivity contribution is -0.120. The van der Waals surface area contributed by atoms with Crippen LogP contribution in [0.2, 0.25) is 10.0 Å². The van der Waals surface area contributed by atoms with E-state index in [-0.39, 0.29) is 11.8 Å². The molecule has 0 spiro atoms. The van der Waals surface area contributed by atoms with Gasteiger partial charge in [-0.05, 0) is 36.7 Å². The van der Waals surface area contributed by atoms with Gasteiger partial charge < -0.3 is 9.80 Å². The summed E-state index contributed by atoms with van der Waals surface area (Å²) in [5, 5.41) is 2.66. The van der Waals surface area contributed by atoms with Gasteiger partial charge in [0.15, 0.2) is 0 Å². The maximum atomic E-state index is 13.3. The number of hydrogen-bond acceptors (Lipinski definition) is 5. The molecule has 2 amide bonds. The number of piperazine rings is 1. The first-order valence-corrected chi connectivity index (χ1v) is 10.2. The number of thiophene rings is 1. The van der Waals surface area contributed by atoms with Crippen molar-refractivity contribution < 1.29 is 9.59 Å². The topological polar surface area (TPSA) is 43.9 Å². The summed E-state index contributed by atoms with van der Waals surface area (Å²) in [6.45, 7) is 3.07. The molecule has 0 unspecified atom stereocenters. The lowest BCUT2D eigenvalue weighted by atomic mass is 10.1. The van der Waals surface area contributed by atoms with Crippen LogP contribution in [-0.2, 0) is 9.59 Å². The Labute approximate surface area is 171 Å². The number of halogens is 2. The van der Waals surface area contributed by atoms with Crippen LogP contribution in [0.25, 0.3) is 5.57 Å². The monoisotopic (exact) mass is 421 g/mol. The Morgan fingerprint density at radius 1 is 0.963 bits per heavy atom. The number of imide groups is 1. The predicted molar refractivity (Wildman–Crippen MR) is 109 cm³/mol. The number of rotatable bonds is 3. The van der Waals surface area contributed by atoms with Gasteiger partial charge >= 0.3 is 0 Å². The summed E-state index contributed by atoms with van der Waals surface area (Å²) in [6.07, 6.45) is 0. The first kappa shape index (κ1) is 18.5. The van der Waals surface area contributed by atoms with Gasteiger partial charge in [-0.2, -0.15) is 0 Å². The molecule has 2 aliphatic rings. The molecule has 8 heteroatoms. The zero-order valence-corrected chi connectivity index (χ0v) is 16.9. The average Bonchev–Trinajstić information content (AvgIpc) is 3.21. The normalized spacial score (nSPS) is 18.8. The van der Waals surface area contributed by atoms with E-state index in [1.807, 2.05) is 29.5 Å². The predicted octanol–water partition coefficient (Wildman–Crippen LogP) is 3.59. The largest absolute Gasteiger partial charge is 0.364 e. The third-order valence-electron chi connectivity index (χ3n) is 4.75. The van der Waals surface area contributed by atoms with E-state index in [1.54, 1.807) is 18.2 Å². The first-order valence-electron chi connectivity index (χ1n) is 8.52. The quantitative estimate of drug-likeness (QED) is 0.710. The lowest BCUT2D eigenvalue weighted by Crippen LogP contribution is -2.46. The molecular formula is C19H17Cl2N3O2S. The van der Waals surface area contributed by atoms with Crippen LogP contribution in [0, 0.1) is 0 Å². The van der Waals surface area contributed by atoms with E-state index in [0.29, 0.717) is 40.1 Å². The first-order chi connectivity index (χ1) is 13.0. The maximum Gasteiger partial charge on any atom is 0.282 e. The van der Waals surface area contributed by atoms with Crippen molar-refractivity contribution in [3.8, 4) is 0 Å². The van der Waals surface area contributed by atoms with Crippen molar-refractivity contribution in [3.63, 3.8) is 0 Å². The number of nitrogens with zero attached hydrogens (tertiary/aromatic N) is 3. The molecule has 0 saturated carbocycles. The van der Waals surface area contributed by atoms with Crippen LogP contribution >= 0.6 is 34.5 Å². The van der Waals surface area contributed by atoms with Crippen LogP contribution < -0.4 is 4.90 Å². The zero-order chi connectivity index (χ0) is 19.1. The molecule has 1 aromatic carbocycles. The van der Waals surface area contributed by atoms with Crippen molar-refractivity contribution in [2.75, 3.05) is 38.1 Å². The van der Waals surface area contributed by atoms with Gasteiger partial charge in [0.25, 0.3) is 11.8 Å². The number of carbonyl (C=O) groups is 2. The average molecular weight is 422 g/mol. The van der Waals surface area contributed by atoms with Gasteiger partial charge in [0.2, 0.25) is 0 Å². The van der Waals surface area contributed by atoms with Crippen molar-refractivity contribution in [2.45, 2.75) is 0 Å². The van der Waals surface area contributed by atoms with Crippen LogP contribution in [0.5, 0.6) is 0 Å². The van der Waals surface area contributed by atoms with Gasteiger partial charge in [-0.25, -0.2) is 4.90 Å². The summed E-state index contributed by atoms with van der Waals surface area (Å²) in [7, 11) is 2.05. The smallest absolute Gasteiger partial charge is 0.282 e. The molecule has 140 valence electrons. The van der Waals surface area contributed by atoms with Gasteiger partial charge in [0.1, 0.15) is 5.70 Å². The van der Waals surface area contributed by atoms with Crippen molar-refractivity contribution in [3.05, 3.63) is 56.3 Å². The lowest BCUT2D eigenvalue weighted by Gasteiger charge is -2.34. The Hall–Kier alpha value is -1.86. The number of amides is 2. The van der Waals surface area contributed by atoms with Crippen molar-refractivity contribution >= 4 is 57.6 Å². The van der Waals surface area contributed by atoms with Crippen LogP contribution in [0.3, 0.4) is 0 Å². The summed E-state index contributed by atoms with van der Waals surface area (Å²) in [5.74, 6) is -0.666. The van der Waals surface area contributed by atoms with Crippen molar-refractivity contribution in [2.24, 2.45) is 0 Å². The molecule has 0 radical (unpaired) electrons. The van der Waals surface area contributed by atoms with Gasteiger partial charge in [-0.15, -0.1) is 11.3 Å². The van der Waals surface area contributed by atoms with Gasteiger partial charge in [0.05, 0.1) is 11.3 Å². The van der Waals surface area contributed by atoms with Crippen LogP contribution in [0.15, 0.2) is 41.4 Å². The molecule has 1 fully saturated rings. The van der Waals surface area contributed by atoms with E-state index in [2.05, 4.69) is 4.90 Å². The Kier molecular flexibility index (Phi) is 4.99. The summed E-state index contributed by atoms with van der Waals surface area (Å²) in [4.78, 5) is 32.8. The molecule has 4 rings (SSSR count). The van der Waals surface area contributed by atoms with Gasteiger partial charge in [-0.1, -0.05) is 29.3 Å². The standard InChI is InChI=1S/C19H17Cl2N3O2S/c1-22-4-6-23(7-5-22)17-16(15-3-2-8-27-15)18(25)24(19(17)26)14-10-12(20)9-13(21)11-14/h2-3,8-11H,4-7H2,1H3. The number of anilines is 1.